The highest BCUT2D eigenvalue weighted by Crippen LogP contribution is 2.22. The van der Waals surface area contributed by atoms with Crippen molar-refractivity contribution in [3.05, 3.63) is 35.4 Å². The van der Waals surface area contributed by atoms with Crippen LogP contribution in [0.25, 0.3) is 0 Å². The average molecular weight is 347 g/mol. The molecule has 25 heavy (non-hydrogen) atoms. The third-order valence-electron chi connectivity index (χ3n) is 4.46. The highest BCUT2D eigenvalue weighted by Gasteiger charge is 2.33. The molecule has 0 saturated heterocycles. The van der Waals surface area contributed by atoms with Gasteiger partial charge >= 0.3 is 0 Å². The number of aryl methyl sites for hydroxylation is 1. The molecule has 1 atom stereocenters. The van der Waals surface area contributed by atoms with Crippen LogP contribution in [-0.4, -0.2) is 17.4 Å². The first-order valence-corrected chi connectivity index (χ1v) is 9.14. The normalized spacial score (nSPS) is 14.2. The van der Waals surface area contributed by atoms with Crippen LogP contribution in [0.3, 0.4) is 0 Å². The van der Waals surface area contributed by atoms with Crippen LogP contribution in [0.5, 0.6) is 0 Å². The van der Waals surface area contributed by atoms with Crippen LogP contribution in [0, 0.1) is 5.92 Å². The molecule has 1 rings (SSSR count). The molecule has 0 bridgehead atoms. The number of primary amides is 1. The summed E-state index contributed by atoms with van der Waals surface area (Å²) in [6.45, 7) is 12.3. The van der Waals surface area contributed by atoms with Gasteiger partial charge in [0.2, 0.25) is 11.8 Å². The predicted octanol–water partition coefficient (Wildman–Crippen LogP) is 3.71. The maximum Gasteiger partial charge on any atom is 0.242 e. The van der Waals surface area contributed by atoms with Crippen LogP contribution >= 0.6 is 0 Å². The summed E-state index contributed by atoms with van der Waals surface area (Å²) in [7, 11) is 0. The van der Waals surface area contributed by atoms with E-state index >= 15 is 0 Å². The summed E-state index contributed by atoms with van der Waals surface area (Å²) in [5.41, 5.74) is 7.19. The summed E-state index contributed by atoms with van der Waals surface area (Å²) in [6.07, 6.45) is 2.52. The maximum absolute atomic E-state index is 12.2. The van der Waals surface area contributed by atoms with Crippen molar-refractivity contribution in [2.75, 3.05) is 0 Å². The Morgan fingerprint density at radius 1 is 1.08 bits per heavy atom. The molecule has 0 aliphatic carbocycles. The number of rotatable bonds is 8. The SMILES string of the molecule is CC(C)CC(C)(NC(=O)CCCc1ccc(C(C)(C)C)cc1)C(N)=O. The lowest BCUT2D eigenvalue weighted by Crippen LogP contribution is -2.56. The number of carbonyl (C=O) groups is 2. The fourth-order valence-electron chi connectivity index (χ4n) is 3.02. The Morgan fingerprint density at radius 3 is 2.08 bits per heavy atom. The number of nitrogens with one attached hydrogen (secondary N) is 1. The zero-order chi connectivity index (χ0) is 19.3. The molecule has 0 aliphatic rings. The molecule has 1 unspecified atom stereocenters. The summed E-state index contributed by atoms with van der Waals surface area (Å²) in [5, 5.41) is 2.83. The van der Waals surface area contributed by atoms with Crippen LogP contribution in [0.4, 0.5) is 0 Å². The Hall–Kier alpha value is -1.84. The minimum Gasteiger partial charge on any atom is -0.368 e. The predicted molar refractivity (Wildman–Crippen MR) is 103 cm³/mol. The van der Waals surface area contributed by atoms with E-state index in [0.29, 0.717) is 12.8 Å². The lowest BCUT2D eigenvalue weighted by atomic mass is 9.86. The van der Waals surface area contributed by atoms with Crippen LogP contribution in [0.2, 0.25) is 0 Å². The van der Waals surface area contributed by atoms with Crippen molar-refractivity contribution >= 4 is 11.8 Å². The first kappa shape index (κ1) is 21.2. The van der Waals surface area contributed by atoms with E-state index in [1.165, 1.54) is 11.1 Å². The van der Waals surface area contributed by atoms with Gasteiger partial charge in [0.05, 0.1) is 0 Å². The van der Waals surface area contributed by atoms with Crippen LogP contribution in [0.15, 0.2) is 24.3 Å². The maximum atomic E-state index is 12.2. The molecule has 0 aromatic heterocycles. The van der Waals surface area contributed by atoms with Gasteiger partial charge in [0.1, 0.15) is 5.54 Å². The summed E-state index contributed by atoms with van der Waals surface area (Å²) >= 11 is 0. The van der Waals surface area contributed by atoms with Gasteiger partial charge < -0.3 is 11.1 Å². The van der Waals surface area contributed by atoms with Crippen molar-refractivity contribution in [3.8, 4) is 0 Å². The average Bonchev–Trinajstić information content (AvgIpc) is 2.45. The van der Waals surface area contributed by atoms with Crippen LogP contribution in [0.1, 0.15) is 71.9 Å². The van der Waals surface area contributed by atoms with E-state index < -0.39 is 11.4 Å². The molecule has 4 heteroatoms. The van der Waals surface area contributed by atoms with Crippen molar-refractivity contribution in [2.24, 2.45) is 11.7 Å². The molecular weight excluding hydrogens is 312 g/mol. The Labute approximate surface area is 152 Å². The van der Waals surface area contributed by atoms with E-state index in [1.54, 1.807) is 6.92 Å². The zero-order valence-electron chi connectivity index (χ0n) is 16.6. The van der Waals surface area contributed by atoms with Crippen molar-refractivity contribution in [3.63, 3.8) is 0 Å². The van der Waals surface area contributed by atoms with E-state index in [0.717, 1.165) is 12.8 Å². The van der Waals surface area contributed by atoms with Gasteiger partial charge in [-0.2, -0.15) is 0 Å². The van der Waals surface area contributed by atoms with Crippen LogP contribution < -0.4 is 11.1 Å². The lowest BCUT2D eigenvalue weighted by Gasteiger charge is -2.29. The number of carbonyl (C=O) groups excluding carboxylic acids is 2. The van der Waals surface area contributed by atoms with Gasteiger partial charge in [-0.15, -0.1) is 0 Å². The molecule has 3 N–H and O–H groups in total. The summed E-state index contributed by atoms with van der Waals surface area (Å²) in [4.78, 5) is 23.9. The number of amides is 2. The molecule has 0 spiro atoms. The minimum absolute atomic E-state index is 0.117. The number of benzene rings is 1. The van der Waals surface area contributed by atoms with Crippen molar-refractivity contribution in [1.82, 2.24) is 5.32 Å². The topological polar surface area (TPSA) is 72.2 Å². The summed E-state index contributed by atoms with van der Waals surface area (Å²) in [5.74, 6) is -0.320. The first-order valence-electron chi connectivity index (χ1n) is 9.14. The molecule has 0 saturated carbocycles. The Bertz CT molecular complexity index is 585. The van der Waals surface area contributed by atoms with Gasteiger partial charge in [0.15, 0.2) is 0 Å². The summed E-state index contributed by atoms with van der Waals surface area (Å²) in [6, 6.07) is 8.57. The highest BCUT2D eigenvalue weighted by atomic mass is 16.2. The molecule has 140 valence electrons. The zero-order valence-corrected chi connectivity index (χ0v) is 16.6. The first-order chi connectivity index (χ1) is 11.4. The summed E-state index contributed by atoms with van der Waals surface area (Å²) < 4.78 is 0. The second-order valence-electron chi connectivity index (χ2n) is 8.64. The van der Waals surface area contributed by atoms with Crippen molar-refractivity contribution in [1.29, 1.82) is 0 Å². The lowest BCUT2D eigenvalue weighted by molar-refractivity contribution is -0.131. The van der Waals surface area contributed by atoms with E-state index in [1.807, 2.05) is 13.8 Å². The Morgan fingerprint density at radius 2 is 1.64 bits per heavy atom. The molecule has 0 aliphatic heterocycles. The van der Waals surface area contributed by atoms with E-state index in [9.17, 15) is 9.59 Å². The van der Waals surface area contributed by atoms with Gasteiger partial charge in [0.25, 0.3) is 0 Å². The second kappa shape index (κ2) is 8.50. The fraction of sp³-hybridized carbons (Fsp3) is 0.619. The van der Waals surface area contributed by atoms with Gasteiger partial charge in [-0.1, -0.05) is 58.9 Å². The smallest absolute Gasteiger partial charge is 0.242 e. The monoisotopic (exact) mass is 346 g/mol. The third kappa shape index (κ3) is 6.89. The van der Waals surface area contributed by atoms with Gasteiger partial charge in [-0.25, -0.2) is 0 Å². The largest absolute Gasteiger partial charge is 0.368 e. The Kier molecular flexibility index (Phi) is 7.21. The van der Waals surface area contributed by atoms with Gasteiger partial charge in [-0.3, -0.25) is 9.59 Å². The van der Waals surface area contributed by atoms with Crippen LogP contribution in [-0.2, 0) is 21.4 Å². The molecule has 0 fully saturated rings. The van der Waals surface area contributed by atoms with Crippen molar-refractivity contribution in [2.45, 2.75) is 78.2 Å². The second-order valence-corrected chi connectivity index (χ2v) is 8.64. The molecule has 4 nitrogen and oxygen atoms in total. The van der Waals surface area contributed by atoms with E-state index in [2.05, 4.69) is 50.4 Å². The fourth-order valence-corrected chi connectivity index (χ4v) is 3.02. The molecule has 1 aromatic carbocycles. The highest BCUT2D eigenvalue weighted by molar-refractivity contribution is 5.90. The van der Waals surface area contributed by atoms with E-state index in [4.69, 9.17) is 5.73 Å². The van der Waals surface area contributed by atoms with E-state index in [-0.39, 0.29) is 17.2 Å². The molecule has 0 heterocycles. The number of nitrogens with two attached hydrogens (primary N) is 1. The molecule has 1 aromatic rings. The standard InChI is InChI=1S/C21H34N2O2/c1-15(2)14-21(6,19(22)25)23-18(24)9-7-8-16-10-12-17(13-11-16)20(3,4)5/h10-13,15H,7-9,14H2,1-6H3,(H2,22,25)(H,23,24). The van der Waals surface area contributed by atoms with Crippen molar-refractivity contribution < 1.29 is 9.59 Å². The number of hydrogen-bond donors (Lipinski definition) is 2. The quantitative estimate of drug-likeness (QED) is 0.753. The third-order valence-corrected chi connectivity index (χ3v) is 4.46. The van der Waals surface area contributed by atoms with Gasteiger partial charge in [-0.05, 0) is 48.6 Å². The number of hydrogen-bond acceptors (Lipinski definition) is 2. The Balaban J connectivity index is 2.52. The van der Waals surface area contributed by atoms with Gasteiger partial charge in [0, 0.05) is 6.42 Å². The molecule has 2 amide bonds. The minimum atomic E-state index is -0.973. The molecule has 0 radical (unpaired) electrons. The molecular formula is C21H34N2O2.